The summed E-state index contributed by atoms with van der Waals surface area (Å²) in [5, 5.41) is 10.7. The maximum Gasteiger partial charge on any atom is 0.221 e. The molecular weight excluding hydrogens is 346 g/mol. The molecule has 4 nitrogen and oxygen atoms in total. The Morgan fingerprint density at radius 1 is 1.04 bits per heavy atom. The van der Waals surface area contributed by atoms with Crippen LogP contribution in [0.4, 0.5) is 0 Å². The fourth-order valence-electron chi connectivity index (χ4n) is 2.43. The monoisotopic (exact) mass is 361 g/mol. The number of nitrogens with one attached hydrogen (secondary N) is 1. The molecule has 0 bridgehead atoms. The summed E-state index contributed by atoms with van der Waals surface area (Å²) in [4.78, 5) is 2.99. The van der Waals surface area contributed by atoms with Crippen molar-refractivity contribution in [1.29, 1.82) is 0 Å². The van der Waals surface area contributed by atoms with Crippen LogP contribution in [-0.2, 0) is 9.84 Å². The molecular formula is C18H16ClNO3S. The van der Waals surface area contributed by atoms with E-state index in [9.17, 15) is 13.5 Å². The number of benzene rings is 2. The van der Waals surface area contributed by atoms with Crippen LogP contribution in [0, 0.1) is 13.8 Å². The molecule has 2 N–H and O–H groups in total. The number of aromatic nitrogens is 1. The molecule has 24 heavy (non-hydrogen) atoms. The van der Waals surface area contributed by atoms with Gasteiger partial charge < -0.3 is 10.1 Å². The Morgan fingerprint density at radius 2 is 1.71 bits per heavy atom. The lowest BCUT2D eigenvalue weighted by atomic mass is 10.1. The van der Waals surface area contributed by atoms with Crippen molar-refractivity contribution in [3.05, 3.63) is 64.8 Å². The third-order valence-electron chi connectivity index (χ3n) is 3.87. The highest BCUT2D eigenvalue weighted by Crippen LogP contribution is 2.35. The number of hydrogen-bond acceptors (Lipinski definition) is 3. The van der Waals surface area contributed by atoms with Crippen LogP contribution in [0.15, 0.2) is 58.6 Å². The number of rotatable bonds is 3. The number of hydrogen-bond donors (Lipinski definition) is 2. The van der Waals surface area contributed by atoms with Crippen molar-refractivity contribution in [1.82, 2.24) is 4.98 Å². The number of H-pyrrole nitrogens is 1. The molecule has 0 amide bonds. The zero-order chi connectivity index (χ0) is 17.5. The Bertz CT molecular complexity index is 1010. The zero-order valence-corrected chi connectivity index (χ0v) is 14.7. The van der Waals surface area contributed by atoms with E-state index in [1.54, 1.807) is 49.5 Å². The van der Waals surface area contributed by atoms with E-state index in [0.717, 1.165) is 11.1 Å². The summed E-state index contributed by atoms with van der Waals surface area (Å²) in [6, 6.07) is 11.3. The minimum atomic E-state index is -3.64. The molecule has 3 rings (SSSR count). The van der Waals surface area contributed by atoms with Crippen molar-refractivity contribution in [2.45, 2.75) is 23.8 Å². The Morgan fingerprint density at radius 3 is 2.38 bits per heavy atom. The van der Waals surface area contributed by atoms with Gasteiger partial charge in [0.15, 0.2) is 0 Å². The SMILES string of the molecule is Cc1ccc(S(=O)(=O)c2cc(-c3cc(Cl)c(C)cc3O)c[nH]2)cc1. The smallest absolute Gasteiger partial charge is 0.221 e. The first-order valence-electron chi connectivity index (χ1n) is 7.28. The van der Waals surface area contributed by atoms with Crippen LogP contribution in [0.1, 0.15) is 11.1 Å². The molecule has 0 aliphatic rings. The first kappa shape index (κ1) is 16.6. The minimum Gasteiger partial charge on any atom is -0.507 e. The van der Waals surface area contributed by atoms with E-state index in [0.29, 0.717) is 16.1 Å². The first-order chi connectivity index (χ1) is 11.3. The molecule has 6 heteroatoms. The van der Waals surface area contributed by atoms with Gasteiger partial charge in [-0.1, -0.05) is 29.3 Å². The molecule has 1 aromatic heterocycles. The number of sulfone groups is 1. The molecule has 124 valence electrons. The van der Waals surface area contributed by atoms with E-state index >= 15 is 0 Å². The number of aromatic amines is 1. The van der Waals surface area contributed by atoms with E-state index in [4.69, 9.17) is 11.6 Å². The van der Waals surface area contributed by atoms with Crippen molar-refractivity contribution in [3.63, 3.8) is 0 Å². The number of aromatic hydroxyl groups is 1. The molecule has 1 heterocycles. The highest BCUT2D eigenvalue weighted by molar-refractivity contribution is 7.91. The van der Waals surface area contributed by atoms with Gasteiger partial charge in [-0.25, -0.2) is 8.42 Å². The predicted octanol–water partition coefficient (Wildman–Crippen LogP) is 4.49. The normalized spacial score (nSPS) is 11.6. The van der Waals surface area contributed by atoms with Crippen LogP contribution in [0.3, 0.4) is 0 Å². The average molecular weight is 362 g/mol. The lowest BCUT2D eigenvalue weighted by molar-refractivity contribution is 0.477. The molecule has 0 saturated heterocycles. The lowest BCUT2D eigenvalue weighted by Gasteiger charge is -2.05. The summed E-state index contributed by atoms with van der Waals surface area (Å²) in [6.07, 6.45) is 1.54. The van der Waals surface area contributed by atoms with Gasteiger partial charge in [-0.05, 0) is 49.7 Å². The summed E-state index contributed by atoms with van der Waals surface area (Å²) < 4.78 is 25.4. The van der Waals surface area contributed by atoms with Gasteiger partial charge in [-0.15, -0.1) is 0 Å². The topological polar surface area (TPSA) is 70.2 Å². The lowest BCUT2D eigenvalue weighted by Crippen LogP contribution is -2.01. The highest BCUT2D eigenvalue weighted by Gasteiger charge is 2.20. The van der Waals surface area contributed by atoms with Crippen molar-refractivity contribution < 1.29 is 13.5 Å². The summed E-state index contributed by atoms with van der Waals surface area (Å²) in [5.41, 5.74) is 2.77. The quantitative estimate of drug-likeness (QED) is 0.722. The van der Waals surface area contributed by atoms with Gasteiger partial charge in [0.1, 0.15) is 10.8 Å². The largest absolute Gasteiger partial charge is 0.507 e. The Kier molecular flexibility index (Phi) is 4.15. The van der Waals surface area contributed by atoms with E-state index in [1.807, 2.05) is 6.92 Å². The van der Waals surface area contributed by atoms with Crippen LogP contribution in [0.25, 0.3) is 11.1 Å². The van der Waals surface area contributed by atoms with E-state index in [2.05, 4.69) is 4.98 Å². The fraction of sp³-hybridized carbons (Fsp3) is 0.111. The number of phenols is 1. The van der Waals surface area contributed by atoms with Crippen molar-refractivity contribution >= 4 is 21.4 Å². The Balaban J connectivity index is 2.05. The summed E-state index contributed by atoms with van der Waals surface area (Å²) in [7, 11) is -3.64. The predicted molar refractivity (Wildman–Crippen MR) is 94.3 cm³/mol. The number of halogens is 1. The van der Waals surface area contributed by atoms with Crippen LogP contribution < -0.4 is 0 Å². The van der Waals surface area contributed by atoms with E-state index in [1.165, 1.54) is 6.07 Å². The second-order valence-electron chi connectivity index (χ2n) is 5.69. The second kappa shape index (κ2) is 6.00. The summed E-state index contributed by atoms with van der Waals surface area (Å²) in [5.74, 6) is 0.0511. The molecule has 2 aromatic carbocycles. The molecule has 0 atom stereocenters. The van der Waals surface area contributed by atoms with E-state index in [-0.39, 0.29) is 15.7 Å². The second-order valence-corrected chi connectivity index (χ2v) is 8.01. The van der Waals surface area contributed by atoms with Gasteiger partial charge in [-0.2, -0.15) is 0 Å². The third-order valence-corrected chi connectivity index (χ3v) is 5.98. The molecule has 3 aromatic rings. The third kappa shape index (κ3) is 2.92. The zero-order valence-electron chi connectivity index (χ0n) is 13.2. The van der Waals surface area contributed by atoms with Gasteiger partial charge in [0.05, 0.1) is 4.90 Å². The van der Waals surface area contributed by atoms with Gasteiger partial charge in [0.25, 0.3) is 0 Å². The number of phenolic OH excluding ortho intramolecular Hbond substituents is 1. The van der Waals surface area contributed by atoms with Crippen LogP contribution >= 0.6 is 11.6 Å². The molecule has 0 radical (unpaired) electrons. The standard InChI is InChI=1S/C18H16ClNO3S/c1-11-3-5-14(6-4-11)24(22,23)18-8-13(10-20-18)15-9-16(19)12(2)7-17(15)21/h3-10,20-21H,1-2H3. The minimum absolute atomic E-state index is 0.0511. The molecule has 0 aliphatic heterocycles. The molecule has 0 unspecified atom stereocenters. The molecule has 0 fully saturated rings. The maximum absolute atomic E-state index is 12.7. The van der Waals surface area contributed by atoms with Crippen molar-refractivity contribution in [3.8, 4) is 16.9 Å². The maximum atomic E-state index is 12.7. The number of aryl methyl sites for hydroxylation is 2. The highest BCUT2D eigenvalue weighted by atomic mass is 35.5. The van der Waals surface area contributed by atoms with Gasteiger partial charge in [0, 0.05) is 22.3 Å². The Labute approximate surface area is 145 Å². The molecule has 0 spiro atoms. The molecule has 0 aliphatic carbocycles. The van der Waals surface area contributed by atoms with E-state index < -0.39 is 9.84 Å². The average Bonchev–Trinajstić information content (AvgIpc) is 3.02. The summed E-state index contributed by atoms with van der Waals surface area (Å²) >= 11 is 6.10. The van der Waals surface area contributed by atoms with Gasteiger partial charge in [-0.3, -0.25) is 0 Å². The Hall–Kier alpha value is -2.24. The fourth-order valence-corrected chi connectivity index (χ4v) is 3.83. The first-order valence-corrected chi connectivity index (χ1v) is 9.15. The van der Waals surface area contributed by atoms with Gasteiger partial charge in [0.2, 0.25) is 9.84 Å². The van der Waals surface area contributed by atoms with Crippen molar-refractivity contribution in [2.24, 2.45) is 0 Å². The van der Waals surface area contributed by atoms with Crippen LogP contribution in [0.5, 0.6) is 5.75 Å². The van der Waals surface area contributed by atoms with Crippen LogP contribution in [0.2, 0.25) is 5.02 Å². The molecule has 0 saturated carbocycles. The van der Waals surface area contributed by atoms with Crippen LogP contribution in [-0.4, -0.2) is 18.5 Å². The van der Waals surface area contributed by atoms with Crippen molar-refractivity contribution in [2.75, 3.05) is 0 Å². The van der Waals surface area contributed by atoms with Gasteiger partial charge >= 0.3 is 0 Å². The summed E-state index contributed by atoms with van der Waals surface area (Å²) in [6.45, 7) is 3.68.